The van der Waals surface area contributed by atoms with E-state index in [0.29, 0.717) is 33.3 Å². The molecule has 3 N–H and O–H groups in total. The third-order valence-corrected chi connectivity index (χ3v) is 4.23. The Kier molecular flexibility index (Phi) is 5.46. The molecule has 0 saturated carbocycles. The van der Waals surface area contributed by atoms with Crippen LogP contribution in [-0.4, -0.2) is 26.4 Å². The lowest BCUT2D eigenvalue weighted by atomic mass is 10.3. The van der Waals surface area contributed by atoms with Gasteiger partial charge in [0.05, 0.1) is 23.0 Å². The fourth-order valence-electron chi connectivity index (χ4n) is 1.56. The molecule has 0 aliphatic rings. The van der Waals surface area contributed by atoms with E-state index in [1.165, 1.54) is 11.8 Å². The molecule has 0 bridgehead atoms. The van der Waals surface area contributed by atoms with E-state index in [9.17, 15) is 4.79 Å². The fourth-order valence-corrected chi connectivity index (χ4v) is 2.63. The molecule has 1 aromatic heterocycles. The van der Waals surface area contributed by atoms with Crippen LogP contribution in [0.1, 0.15) is 5.82 Å². The highest BCUT2D eigenvalue weighted by Gasteiger charge is 2.11. The van der Waals surface area contributed by atoms with E-state index in [1.54, 1.807) is 29.8 Å². The Bertz CT molecular complexity index is 661. The van der Waals surface area contributed by atoms with Crippen LogP contribution >= 0.6 is 35.0 Å². The number of rotatable bonds is 5. The molecule has 1 amide bonds. The number of thioether (sulfide) groups is 1. The Balaban J connectivity index is 1.96. The van der Waals surface area contributed by atoms with Gasteiger partial charge < -0.3 is 15.6 Å². The van der Waals surface area contributed by atoms with Crippen molar-refractivity contribution in [2.75, 3.05) is 11.1 Å². The number of anilines is 1. The molecular weight excluding hydrogens is 333 g/mol. The lowest BCUT2D eigenvalue weighted by Crippen LogP contribution is -2.15. The zero-order valence-electron chi connectivity index (χ0n) is 11.1. The van der Waals surface area contributed by atoms with Crippen LogP contribution in [0.3, 0.4) is 0 Å². The van der Waals surface area contributed by atoms with Crippen molar-refractivity contribution in [2.45, 2.75) is 11.7 Å². The molecule has 0 saturated heterocycles. The number of nitrogens with one attached hydrogen (secondary N) is 1. The Morgan fingerprint density at radius 3 is 2.86 bits per heavy atom. The number of benzene rings is 1. The van der Waals surface area contributed by atoms with Crippen LogP contribution in [0.2, 0.25) is 10.0 Å². The molecule has 0 radical (unpaired) electrons. The van der Waals surface area contributed by atoms with E-state index in [2.05, 4.69) is 15.5 Å². The minimum Gasteiger partial charge on any atom is -0.324 e. The van der Waals surface area contributed by atoms with Gasteiger partial charge in [-0.2, -0.15) is 0 Å². The predicted octanol–water partition coefficient (Wildman–Crippen LogP) is 2.31. The van der Waals surface area contributed by atoms with Crippen LogP contribution in [-0.2, 0) is 18.4 Å². The smallest absolute Gasteiger partial charge is 0.234 e. The highest BCUT2D eigenvalue weighted by molar-refractivity contribution is 7.99. The molecule has 0 aliphatic carbocycles. The monoisotopic (exact) mass is 345 g/mol. The fraction of sp³-hybridized carbons (Fsp3) is 0.250. The van der Waals surface area contributed by atoms with Gasteiger partial charge in [-0.25, -0.2) is 0 Å². The van der Waals surface area contributed by atoms with Gasteiger partial charge in [0.25, 0.3) is 0 Å². The number of hydrogen-bond acceptors (Lipinski definition) is 5. The van der Waals surface area contributed by atoms with E-state index < -0.39 is 0 Å². The van der Waals surface area contributed by atoms with Crippen molar-refractivity contribution in [1.29, 1.82) is 0 Å². The number of aromatic nitrogens is 3. The Morgan fingerprint density at radius 1 is 1.43 bits per heavy atom. The molecule has 6 nitrogen and oxygen atoms in total. The van der Waals surface area contributed by atoms with E-state index in [-0.39, 0.29) is 11.7 Å². The quantitative estimate of drug-likeness (QED) is 0.812. The van der Waals surface area contributed by atoms with Gasteiger partial charge in [-0.15, -0.1) is 10.2 Å². The molecule has 9 heteroatoms. The molecule has 0 fully saturated rings. The van der Waals surface area contributed by atoms with Crippen LogP contribution < -0.4 is 11.1 Å². The van der Waals surface area contributed by atoms with Crippen LogP contribution in [0.4, 0.5) is 5.69 Å². The molecule has 0 unspecified atom stereocenters. The first-order valence-electron chi connectivity index (χ1n) is 5.97. The summed E-state index contributed by atoms with van der Waals surface area (Å²) in [6.07, 6.45) is 0. The van der Waals surface area contributed by atoms with E-state index >= 15 is 0 Å². The van der Waals surface area contributed by atoms with Gasteiger partial charge in [0.1, 0.15) is 5.82 Å². The average Bonchev–Trinajstić information content (AvgIpc) is 2.81. The van der Waals surface area contributed by atoms with Gasteiger partial charge in [-0.05, 0) is 18.2 Å². The summed E-state index contributed by atoms with van der Waals surface area (Å²) < 4.78 is 1.75. The lowest BCUT2D eigenvalue weighted by Gasteiger charge is -2.07. The largest absolute Gasteiger partial charge is 0.324 e. The summed E-state index contributed by atoms with van der Waals surface area (Å²) in [4.78, 5) is 11.9. The molecule has 21 heavy (non-hydrogen) atoms. The molecule has 1 heterocycles. The van der Waals surface area contributed by atoms with Crippen molar-refractivity contribution >= 4 is 46.6 Å². The summed E-state index contributed by atoms with van der Waals surface area (Å²) in [6.45, 7) is 0.300. The summed E-state index contributed by atoms with van der Waals surface area (Å²) >= 11 is 13.1. The summed E-state index contributed by atoms with van der Waals surface area (Å²) in [5.41, 5.74) is 6.00. The van der Waals surface area contributed by atoms with Crippen LogP contribution in [0.5, 0.6) is 0 Å². The minimum atomic E-state index is -0.207. The Morgan fingerprint density at radius 2 is 2.19 bits per heavy atom. The summed E-state index contributed by atoms with van der Waals surface area (Å²) in [7, 11) is 1.80. The Hall–Kier alpha value is -1.28. The van der Waals surface area contributed by atoms with Crippen molar-refractivity contribution < 1.29 is 4.79 Å². The molecule has 1 aromatic carbocycles. The van der Waals surface area contributed by atoms with Crippen LogP contribution in [0, 0.1) is 0 Å². The first-order valence-corrected chi connectivity index (χ1v) is 7.71. The minimum absolute atomic E-state index is 0.180. The van der Waals surface area contributed by atoms with E-state index in [4.69, 9.17) is 28.9 Å². The second-order valence-corrected chi connectivity index (χ2v) is 5.91. The first kappa shape index (κ1) is 16.1. The number of carbonyl (C=O) groups excluding carboxylic acids is 1. The SMILES string of the molecule is Cn1c(CN)nnc1SCC(=O)Nc1cc(Cl)ccc1Cl. The van der Waals surface area contributed by atoms with Crippen LogP contribution in [0.15, 0.2) is 23.4 Å². The molecular formula is C12H13Cl2N5OS. The van der Waals surface area contributed by atoms with E-state index in [0.717, 1.165) is 0 Å². The van der Waals surface area contributed by atoms with Gasteiger partial charge in [-0.1, -0.05) is 35.0 Å². The third kappa shape index (κ3) is 4.10. The molecule has 112 valence electrons. The number of nitrogens with two attached hydrogens (primary N) is 1. The molecule has 2 aromatic rings. The summed E-state index contributed by atoms with van der Waals surface area (Å²) in [6, 6.07) is 4.88. The number of nitrogens with zero attached hydrogens (tertiary/aromatic N) is 3. The Labute approximate surface area is 136 Å². The highest BCUT2D eigenvalue weighted by atomic mass is 35.5. The van der Waals surface area contributed by atoms with Crippen molar-refractivity contribution in [3.8, 4) is 0 Å². The maximum Gasteiger partial charge on any atom is 0.234 e. The van der Waals surface area contributed by atoms with Gasteiger partial charge in [0.15, 0.2) is 5.16 Å². The number of hydrogen-bond donors (Lipinski definition) is 2. The number of amides is 1. The maximum absolute atomic E-state index is 11.9. The zero-order chi connectivity index (χ0) is 15.4. The van der Waals surface area contributed by atoms with Gasteiger partial charge >= 0.3 is 0 Å². The number of carbonyl (C=O) groups is 1. The lowest BCUT2D eigenvalue weighted by molar-refractivity contribution is -0.113. The second-order valence-electron chi connectivity index (χ2n) is 4.12. The molecule has 2 rings (SSSR count). The zero-order valence-corrected chi connectivity index (χ0v) is 13.5. The standard InChI is InChI=1S/C12H13Cl2N5OS/c1-19-10(5-15)17-18-12(19)21-6-11(20)16-9-4-7(13)2-3-8(9)14/h2-4H,5-6,15H2,1H3,(H,16,20). The van der Waals surface area contributed by atoms with Gasteiger partial charge in [-0.3, -0.25) is 4.79 Å². The topological polar surface area (TPSA) is 85.8 Å². The van der Waals surface area contributed by atoms with Crippen LogP contribution in [0.25, 0.3) is 0 Å². The van der Waals surface area contributed by atoms with Crippen molar-refractivity contribution in [3.63, 3.8) is 0 Å². The second kappa shape index (κ2) is 7.13. The normalized spacial score (nSPS) is 10.7. The third-order valence-electron chi connectivity index (χ3n) is 2.64. The van der Waals surface area contributed by atoms with Crippen molar-refractivity contribution in [1.82, 2.24) is 14.8 Å². The predicted molar refractivity (Wildman–Crippen MR) is 84.7 cm³/mol. The van der Waals surface area contributed by atoms with Crippen molar-refractivity contribution in [3.05, 3.63) is 34.1 Å². The summed E-state index contributed by atoms with van der Waals surface area (Å²) in [5, 5.41) is 12.2. The first-order chi connectivity index (χ1) is 10.0. The molecule has 0 aliphatic heterocycles. The maximum atomic E-state index is 11.9. The van der Waals surface area contributed by atoms with Crippen molar-refractivity contribution in [2.24, 2.45) is 12.8 Å². The highest BCUT2D eigenvalue weighted by Crippen LogP contribution is 2.25. The van der Waals surface area contributed by atoms with E-state index in [1.807, 2.05) is 0 Å². The average molecular weight is 346 g/mol. The summed E-state index contributed by atoms with van der Waals surface area (Å²) in [5.74, 6) is 0.636. The van der Waals surface area contributed by atoms with Gasteiger partial charge in [0.2, 0.25) is 5.91 Å². The number of halogens is 2. The molecule has 0 atom stereocenters. The van der Waals surface area contributed by atoms with Gasteiger partial charge in [0, 0.05) is 12.1 Å². The molecule has 0 spiro atoms.